The molecule has 119 heavy (non-hydrogen) atoms. The van der Waals surface area contributed by atoms with Gasteiger partial charge in [-0.25, -0.2) is 0 Å². The van der Waals surface area contributed by atoms with Crippen LogP contribution >= 0.6 is 0 Å². The van der Waals surface area contributed by atoms with Gasteiger partial charge >= 0.3 is 0 Å². The van der Waals surface area contributed by atoms with Gasteiger partial charge in [-0.3, -0.25) is 0 Å². The number of fused-ring (bicyclic) bond motifs is 8. The Balaban J connectivity index is 0.564. The molecule has 0 unspecified atom stereocenters. The van der Waals surface area contributed by atoms with Crippen molar-refractivity contribution in [1.82, 2.24) is 4.57 Å². The molecular formula is C115H100N4. The van der Waals surface area contributed by atoms with Crippen LogP contribution in [0, 0.1) is 13.8 Å². The summed E-state index contributed by atoms with van der Waals surface area (Å²) < 4.78 is 2.45. The molecule has 0 N–H and O–H groups in total. The molecule has 3 aliphatic carbocycles. The summed E-state index contributed by atoms with van der Waals surface area (Å²) in [5, 5.41) is 2.48. The number of hydrogen-bond donors (Lipinski definition) is 0. The van der Waals surface area contributed by atoms with E-state index in [1.165, 1.54) is 244 Å². The molecular weight excluding hydrogens is 1440 g/mol. The van der Waals surface area contributed by atoms with Crippen LogP contribution in [0.2, 0.25) is 0 Å². The number of unbranched alkanes of at least 4 members (excludes halogenated alkanes) is 6. The Morgan fingerprint density at radius 3 is 1.17 bits per heavy atom. The van der Waals surface area contributed by atoms with E-state index >= 15 is 0 Å². The largest absolute Gasteiger partial charge is 0.311 e. The van der Waals surface area contributed by atoms with Crippen molar-refractivity contribution >= 4 is 73.0 Å². The molecule has 20 rings (SSSR count). The maximum absolute atomic E-state index is 2.62. The number of hydrogen-bond acceptors (Lipinski definition) is 3. The predicted molar refractivity (Wildman–Crippen MR) is 504 cm³/mol. The highest BCUT2D eigenvalue weighted by molar-refractivity contribution is 6.10. The Hall–Kier alpha value is -13.3. The fourth-order valence-electron chi connectivity index (χ4n) is 19.5. The second-order valence-electron chi connectivity index (χ2n) is 33.6. The van der Waals surface area contributed by atoms with Gasteiger partial charge in [0.15, 0.2) is 0 Å². The minimum absolute atomic E-state index is 0.103. The van der Waals surface area contributed by atoms with E-state index in [1.54, 1.807) is 0 Å². The van der Waals surface area contributed by atoms with Gasteiger partial charge in [-0.1, -0.05) is 280 Å². The standard InChI is InChI=1S/C115H100N4/c1-81-38-57-99(58-39-81)116(103-65-51-89(52-66-103)96-56-71-110-109-36-18-19-37-113(109)119(114(110)80-96)104-35-23-30-92(76-104)91-29-22-28-90(75-91)85-26-12-7-13-27-85)102-63-49-88(50-64-102)95-55-70-108-107-69-40-82(2)74-111(107)115(112(108)79-95,72-20-5-3-10-24-83-41-59-100(60-42-83)117(97-31-14-8-15-32-97)105-67-53-86-45-47-93(86)77-105)73-21-6-4-11-25-84-43-61-101(62-44-84)118(98-33-16-9-17-34-98)106-68-54-87-46-48-94(87)78-106/h7-9,12-19,22-23,26-44,49-71,74-80H,3-6,10-11,20-21,24-25,45-48,72-73H2,1-2H3. The molecule has 4 nitrogen and oxygen atoms in total. The monoisotopic (exact) mass is 1540 g/mol. The highest BCUT2D eigenvalue weighted by atomic mass is 15.2. The van der Waals surface area contributed by atoms with Crippen molar-refractivity contribution in [3.63, 3.8) is 0 Å². The van der Waals surface area contributed by atoms with Crippen LogP contribution in [-0.2, 0) is 43.9 Å². The molecule has 17 aromatic rings. The van der Waals surface area contributed by atoms with E-state index in [9.17, 15) is 0 Å². The molecule has 580 valence electrons. The van der Waals surface area contributed by atoms with Crippen LogP contribution in [0.5, 0.6) is 0 Å². The molecule has 16 aromatic carbocycles. The first kappa shape index (κ1) is 74.5. The molecule has 0 bridgehead atoms. The van der Waals surface area contributed by atoms with Gasteiger partial charge in [-0.2, -0.15) is 0 Å². The van der Waals surface area contributed by atoms with Gasteiger partial charge in [0, 0.05) is 73.1 Å². The normalized spacial score (nSPS) is 12.8. The van der Waals surface area contributed by atoms with Gasteiger partial charge in [0.25, 0.3) is 0 Å². The number of nitrogens with zero attached hydrogens (tertiary/aromatic N) is 4. The highest BCUT2D eigenvalue weighted by Crippen LogP contribution is 2.56. The summed E-state index contributed by atoms with van der Waals surface area (Å²) in [6.07, 6.45) is 18.7. The van der Waals surface area contributed by atoms with Crippen LogP contribution in [0.3, 0.4) is 0 Å². The number of anilines is 9. The summed E-state index contributed by atoms with van der Waals surface area (Å²) in [6, 6.07) is 142. The zero-order valence-electron chi connectivity index (χ0n) is 68.4. The molecule has 0 radical (unpaired) electrons. The summed E-state index contributed by atoms with van der Waals surface area (Å²) in [5.41, 5.74) is 40.9. The van der Waals surface area contributed by atoms with E-state index in [1.807, 2.05) is 0 Å². The molecule has 0 spiro atoms. The lowest BCUT2D eigenvalue weighted by Gasteiger charge is -2.33. The quantitative estimate of drug-likeness (QED) is 0.0454. The van der Waals surface area contributed by atoms with Gasteiger partial charge in [0.05, 0.1) is 11.0 Å². The van der Waals surface area contributed by atoms with Crippen molar-refractivity contribution in [3.05, 3.63) is 432 Å². The average Bonchev–Trinajstić information content (AvgIpc) is 1.56. The highest BCUT2D eigenvalue weighted by Gasteiger charge is 2.43. The average molecular weight is 1540 g/mol. The Labute approximate surface area is 702 Å². The molecule has 0 fully saturated rings. The van der Waals surface area contributed by atoms with Crippen LogP contribution in [0.1, 0.15) is 120 Å². The Kier molecular flexibility index (Phi) is 20.7. The fraction of sp³-hybridized carbons (Fsp3) is 0.165. The summed E-state index contributed by atoms with van der Waals surface area (Å²) >= 11 is 0. The zero-order valence-corrected chi connectivity index (χ0v) is 68.4. The van der Waals surface area contributed by atoms with Crippen LogP contribution in [-0.4, -0.2) is 4.57 Å². The first-order valence-corrected chi connectivity index (χ1v) is 43.5. The molecule has 1 heterocycles. The molecule has 1 aromatic heterocycles. The van der Waals surface area contributed by atoms with E-state index in [0.717, 1.165) is 48.4 Å². The lowest BCUT2D eigenvalue weighted by molar-refractivity contribution is 0.399. The third-order valence-corrected chi connectivity index (χ3v) is 26.1. The first-order valence-electron chi connectivity index (χ1n) is 43.5. The Morgan fingerprint density at radius 2 is 0.622 bits per heavy atom. The lowest BCUT2D eigenvalue weighted by Crippen LogP contribution is -2.25. The number of para-hydroxylation sites is 3. The smallest absolute Gasteiger partial charge is 0.0547 e. The fourth-order valence-corrected chi connectivity index (χ4v) is 19.5. The van der Waals surface area contributed by atoms with Gasteiger partial charge in [0.2, 0.25) is 0 Å². The summed E-state index contributed by atoms with van der Waals surface area (Å²) in [6.45, 7) is 4.48. The molecule has 4 heteroatoms. The Morgan fingerprint density at radius 1 is 0.244 bits per heavy atom. The summed E-state index contributed by atoms with van der Waals surface area (Å²) in [4.78, 5) is 7.26. The predicted octanol–water partition coefficient (Wildman–Crippen LogP) is 31.3. The van der Waals surface area contributed by atoms with E-state index in [2.05, 4.69) is 409 Å². The summed E-state index contributed by atoms with van der Waals surface area (Å²) in [7, 11) is 0. The van der Waals surface area contributed by atoms with E-state index in [4.69, 9.17) is 0 Å². The molecule has 0 aliphatic heterocycles. The minimum atomic E-state index is -0.103. The molecule has 3 aliphatic rings. The van der Waals surface area contributed by atoms with Crippen molar-refractivity contribution in [3.8, 4) is 61.3 Å². The summed E-state index contributed by atoms with van der Waals surface area (Å²) in [5.74, 6) is 0. The van der Waals surface area contributed by atoms with Crippen molar-refractivity contribution in [2.45, 2.75) is 122 Å². The second kappa shape index (κ2) is 33.0. The number of rotatable bonds is 28. The molecule has 0 atom stereocenters. The van der Waals surface area contributed by atoms with E-state index < -0.39 is 0 Å². The SMILES string of the molecule is Cc1ccc(N(c2ccc(-c3ccc4c(c3)C(CCCCCCc3ccc(N(c5ccccc5)c5ccc6c(c5)CC6)cc3)(CCCCCCc3ccc(N(c5ccccc5)c5ccc6c(c5)CC6)cc3)c3cc(C)ccc3-4)cc2)c2ccc(-c3ccc4c5ccccc5n(-c5cccc(-c6cccc(-c7ccccc7)c6)c5)c4c3)cc2)cc1. The van der Waals surface area contributed by atoms with Crippen LogP contribution < -0.4 is 14.7 Å². The van der Waals surface area contributed by atoms with Gasteiger partial charge in [-0.15, -0.1) is 0 Å². The second-order valence-corrected chi connectivity index (χ2v) is 33.6. The minimum Gasteiger partial charge on any atom is -0.311 e. The molecule has 0 saturated carbocycles. The third kappa shape index (κ3) is 15.1. The maximum atomic E-state index is 2.62. The van der Waals surface area contributed by atoms with Gasteiger partial charge < -0.3 is 19.3 Å². The number of benzene rings is 16. The van der Waals surface area contributed by atoms with Crippen molar-refractivity contribution in [2.75, 3.05) is 14.7 Å². The lowest BCUT2D eigenvalue weighted by atomic mass is 9.70. The first-order chi connectivity index (χ1) is 58.8. The third-order valence-electron chi connectivity index (χ3n) is 26.1. The van der Waals surface area contributed by atoms with E-state index in [0.29, 0.717) is 0 Å². The zero-order chi connectivity index (χ0) is 79.6. The van der Waals surface area contributed by atoms with Gasteiger partial charge in [0.1, 0.15) is 0 Å². The van der Waals surface area contributed by atoms with Crippen molar-refractivity contribution in [2.24, 2.45) is 0 Å². The van der Waals surface area contributed by atoms with Crippen LogP contribution in [0.25, 0.3) is 83.1 Å². The van der Waals surface area contributed by atoms with Gasteiger partial charge in [-0.05, 0) is 324 Å². The topological polar surface area (TPSA) is 14.7 Å². The maximum Gasteiger partial charge on any atom is 0.0547 e. The van der Waals surface area contributed by atoms with Crippen LogP contribution in [0.15, 0.2) is 376 Å². The Bertz CT molecular complexity index is 6320. The van der Waals surface area contributed by atoms with Crippen LogP contribution in [0.4, 0.5) is 51.2 Å². The van der Waals surface area contributed by atoms with E-state index in [-0.39, 0.29) is 5.41 Å². The number of aromatic nitrogens is 1. The molecule has 0 saturated heterocycles. The molecule has 0 amide bonds. The number of aryl methyl sites for hydroxylation is 8. The van der Waals surface area contributed by atoms with Crippen molar-refractivity contribution in [1.29, 1.82) is 0 Å². The van der Waals surface area contributed by atoms with Crippen molar-refractivity contribution < 1.29 is 0 Å².